The molecule has 0 atom stereocenters. The fourth-order valence-corrected chi connectivity index (χ4v) is 0. The summed E-state index contributed by atoms with van der Waals surface area (Å²) in [7, 11) is 0. The molecule has 0 saturated carbocycles. The molecule has 0 aliphatic heterocycles. The number of rotatable bonds is 1. The van der Waals surface area contributed by atoms with Crippen molar-refractivity contribution in [1.82, 2.24) is 0 Å². The lowest BCUT2D eigenvalue weighted by atomic mass is 10.6. The Hall–Kier alpha value is 0.452. The van der Waals surface area contributed by atoms with E-state index in [-0.39, 0.29) is 11.0 Å². The van der Waals surface area contributed by atoms with Crippen LogP contribution in [0.5, 0.6) is 0 Å². The average molecular weight is 108 g/mol. The van der Waals surface area contributed by atoms with E-state index < -0.39 is 0 Å². The molecule has 0 radical (unpaired) electrons. The summed E-state index contributed by atoms with van der Waals surface area (Å²) in [6.07, 6.45) is 1.38. The second kappa shape index (κ2) is 18.0. The molecule has 0 aromatic carbocycles. The molecule has 0 heterocycles. The van der Waals surface area contributed by atoms with Gasteiger partial charge in [0.2, 0.25) is 16.3 Å². The summed E-state index contributed by atoms with van der Waals surface area (Å²) < 4.78 is 0. The highest BCUT2D eigenvalue weighted by atomic mass is 27.0. The van der Waals surface area contributed by atoms with Crippen LogP contribution in [0.4, 0.5) is 0 Å². The van der Waals surface area contributed by atoms with E-state index >= 15 is 0 Å². The van der Waals surface area contributed by atoms with Crippen LogP contribution in [0.15, 0.2) is 0 Å². The van der Waals surface area contributed by atoms with Crippen LogP contribution in [-0.4, -0.2) is 27.2 Å². The van der Waals surface area contributed by atoms with Gasteiger partial charge in [0, 0.05) is 0 Å². The van der Waals surface area contributed by atoms with Gasteiger partial charge in [-0.3, -0.25) is 0 Å². The van der Waals surface area contributed by atoms with E-state index in [1.54, 1.807) is 0 Å². The quantitative estimate of drug-likeness (QED) is 0.379. The van der Waals surface area contributed by atoms with Crippen LogP contribution in [0.2, 0.25) is 5.28 Å². The molecule has 0 aliphatic rings. The number of hydrogen-bond donors (Lipinski definition) is 0. The minimum absolute atomic E-state index is 0. The predicted octanol–water partition coefficient (Wildman–Crippen LogP) is -1.20. The Morgan fingerprint density at radius 1 is 1.33 bits per heavy atom. The van der Waals surface area contributed by atoms with Crippen LogP contribution in [-0.2, 0) is 0 Å². The molecule has 0 fully saturated rings. The lowest BCUT2D eigenvalue weighted by Gasteiger charge is -1.66. The van der Waals surface area contributed by atoms with Crippen LogP contribution in [0, 0.1) is 0 Å². The Morgan fingerprint density at radius 2 is 1.50 bits per heavy atom. The molecule has 0 bridgehead atoms. The molecule has 0 unspecified atom stereocenters. The highest BCUT2D eigenvalue weighted by Crippen LogP contribution is 1.73. The van der Waals surface area contributed by atoms with Crippen LogP contribution in [0.3, 0.4) is 0 Å². The Morgan fingerprint density at radius 3 is 1.50 bits per heavy atom. The molecule has 6 heavy (non-hydrogen) atoms. The van der Waals surface area contributed by atoms with Crippen molar-refractivity contribution in [2.45, 2.75) is 18.6 Å². The molecule has 0 aromatic rings. The summed E-state index contributed by atoms with van der Waals surface area (Å²) in [5, 5.41) is 1.46. The first-order valence-corrected chi connectivity index (χ1v) is 3.33. The maximum Gasteiger partial charge on any atom is 0.211 e. The van der Waals surface area contributed by atoms with Gasteiger partial charge in [0.25, 0.3) is 0 Å². The van der Waals surface area contributed by atoms with E-state index in [1.807, 2.05) is 0 Å². The van der Waals surface area contributed by atoms with Crippen LogP contribution in [0.1, 0.15) is 13.3 Å². The number of hydrogen-bond acceptors (Lipinski definition) is 0. The van der Waals surface area contributed by atoms with Crippen molar-refractivity contribution in [3.8, 4) is 0 Å². The van der Waals surface area contributed by atoms with E-state index in [4.69, 9.17) is 0 Å². The summed E-state index contributed by atoms with van der Waals surface area (Å²) in [6.45, 7) is 2.22. The third-order valence-corrected chi connectivity index (χ3v) is 1.50. The molecule has 40 valence electrons. The first-order valence-electron chi connectivity index (χ1n) is 1.91. The SMILES string of the molecule is CC[CH2][AlH2].O.O. The second-order valence-electron chi connectivity index (χ2n) is 1.000. The molecule has 0 saturated heterocycles. The van der Waals surface area contributed by atoms with E-state index in [0.29, 0.717) is 0 Å². The fraction of sp³-hybridized carbons (Fsp3) is 1.00. The lowest BCUT2D eigenvalue weighted by molar-refractivity contribution is 0.823. The standard InChI is InChI=1S/C3H7.Al.2H2O.2H/c1-3-2;;;;;/h1,3H2,2H3;;2*1H2;;. The van der Waals surface area contributed by atoms with Gasteiger partial charge in [-0.1, -0.05) is 13.3 Å². The highest BCUT2D eigenvalue weighted by molar-refractivity contribution is 6.08. The topological polar surface area (TPSA) is 63.0 Å². The van der Waals surface area contributed by atoms with Crippen molar-refractivity contribution in [3.05, 3.63) is 0 Å². The zero-order chi connectivity index (χ0) is 3.41. The maximum atomic E-state index is 2.22. The van der Waals surface area contributed by atoms with Gasteiger partial charge in [0.05, 0.1) is 0 Å². The predicted molar refractivity (Wildman–Crippen MR) is 30.9 cm³/mol. The fourth-order valence-electron chi connectivity index (χ4n) is 0. The average Bonchev–Trinajstić information content (AvgIpc) is 1.37. The van der Waals surface area contributed by atoms with E-state index in [0.717, 1.165) is 0 Å². The van der Waals surface area contributed by atoms with Gasteiger partial charge >= 0.3 is 0 Å². The minimum atomic E-state index is 0. The first-order chi connectivity index (χ1) is 1.91. The van der Waals surface area contributed by atoms with E-state index in [9.17, 15) is 0 Å². The van der Waals surface area contributed by atoms with Crippen molar-refractivity contribution in [2.24, 2.45) is 0 Å². The summed E-state index contributed by atoms with van der Waals surface area (Å²) in [5.74, 6) is 0. The molecular weight excluding hydrogens is 95.0 g/mol. The van der Waals surface area contributed by atoms with Crippen molar-refractivity contribution >= 4 is 16.3 Å². The Labute approximate surface area is 46.6 Å². The zero-order valence-electron chi connectivity index (χ0n) is 4.41. The molecule has 0 rings (SSSR count). The van der Waals surface area contributed by atoms with E-state index in [1.165, 1.54) is 28.0 Å². The van der Waals surface area contributed by atoms with Crippen LogP contribution >= 0.6 is 0 Å². The summed E-state index contributed by atoms with van der Waals surface area (Å²) >= 11 is 1.39. The van der Waals surface area contributed by atoms with Gasteiger partial charge in [-0.15, -0.1) is 5.28 Å². The summed E-state index contributed by atoms with van der Waals surface area (Å²) in [5.41, 5.74) is 0. The smallest absolute Gasteiger partial charge is 0.211 e. The van der Waals surface area contributed by atoms with Crippen molar-refractivity contribution < 1.29 is 11.0 Å². The molecule has 4 N–H and O–H groups in total. The largest absolute Gasteiger partial charge is 0.412 e. The normalized spacial score (nSPS) is 4.83. The highest BCUT2D eigenvalue weighted by Gasteiger charge is 1.58. The monoisotopic (exact) mass is 108 g/mol. The van der Waals surface area contributed by atoms with Crippen molar-refractivity contribution in [3.63, 3.8) is 0 Å². The Kier molecular flexibility index (Phi) is 48.2. The minimum Gasteiger partial charge on any atom is -0.412 e. The lowest BCUT2D eigenvalue weighted by Crippen LogP contribution is -1.55. The Bertz CT molecular complexity index is 10.8. The summed E-state index contributed by atoms with van der Waals surface area (Å²) in [4.78, 5) is 0. The van der Waals surface area contributed by atoms with Gasteiger partial charge in [-0.2, -0.15) is 0 Å². The maximum absolute atomic E-state index is 2.22. The summed E-state index contributed by atoms with van der Waals surface area (Å²) in [6, 6.07) is 0. The molecule has 0 spiro atoms. The molecule has 0 aromatic heterocycles. The van der Waals surface area contributed by atoms with Gasteiger partial charge in [-0.25, -0.2) is 0 Å². The van der Waals surface area contributed by atoms with Gasteiger partial charge in [-0.05, 0) is 0 Å². The molecule has 0 amide bonds. The molecule has 0 aliphatic carbocycles. The third-order valence-electron chi connectivity index (χ3n) is 0.500. The zero-order valence-corrected chi connectivity index (χ0v) is 6.41. The van der Waals surface area contributed by atoms with Crippen LogP contribution < -0.4 is 0 Å². The molecular formula is C3H13AlO2. The molecule has 2 nitrogen and oxygen atoms in total. The van der Waals surface area contributed by atoms with Crippen LogP contribution in [0.25, 0.3) is 0 Å². The molecule has 3 heteroatoms. The van der Waals surface area contributed by atoms with Crippen molar-refractivity contribution in [1.29, 1.82) is 0 Å². The van der Waals surface area contributed by atoms with Gasteiger partial charge < -0.3 is 11.0 Å². The van der Waals surface area contributed by atoms with E-state index in [2.05, 4.69) is 6.92 Å². The third kappa shape index (κ3) is 25.2. The van der Waals surface area contributed by atoms with Gasteiger partial charge in [0.15, 0.2) is 0 Å². The van der Waals surface area contributed by atoms with Crippen molar-refractivity contribution in [2.75, 3.05) is 0 Å². The van der Waals surface area contributed by atoms with Gasteiger partial charge in [0.1, 0.15) is 0 Å². The Balaban J connectivity index is -0.0000000450. The second-order valence-corrected chi connectivity index (χ2v) is 2.00. The first kappa shape index (κ1) is 16.1.